The summed E-state index contributed by atoms with van der Waals surface area (Å²) in [6, 6.07) is 6.85. The second-order valence-electron chi connectivity index (χ2n) is 8.39. The fourth-order valence-electron chi connectivity index (χ4n) is 4.42. The number of amides is 2. The summed E-state index contributed by atoms with van der Waals surface area (Å²) < 4.78 is 5.95. The Morgan fingerprint density at radius 3 is 2.55 bits per heavy atom. The number of nitrogens with zero attached hydrogens (tertiary/aromatic N) is 3. The number of carbonyl (C=O) groups excluding carboxylic acids is 2. The van der Waals surface area contributed by atoms with E-state index in [2.05, 4.69) is 9.97 Å². The number of benzene rings is 1. The highest BCUT2D eigenvalue weighted by molar-refractivity contribution is 5.93. The fraction of sp³-hybridized carbons (Fsp3) is 0.478. The van der Waals surface area contributed by atoms with Crippen LogP contribution < -0.4 is 5.73 Å². The van der Waals surface area contributed by atoms with Crippen LogP contribution in [0.5, 0.6) is 0 Å². The van der Waals surface area contributed by atoms with Gasteiger partial charge in [0.2, 0.25) is 11.8 Å². The van der Waals surface area contributed by atoms with Gasteiger partial charge in [-0.3, -0.25) is 19.6 Å². The Hall–Kier alpha value is -2.84. The number of nitrogens with two attached hydrogens (primary N) is 1. The number of aliphatic hydroxyl groups is 1. The molecule has 2 heterocycles. The van der Waals surface area contributed by atoms with Crippen molar-refractivity contribution in [3.05, 3.63) is 47.9 Å². The molecule has 0 spiro atoms. The molecule has 1 aromatic heterocycles. The Morgan fingerprint density at radius 1 is 1.13 bits per heavy atom. The van der Waals surface area contributed by atoms with Crippen molar-refractivity contribution in [2.45, 2.75) is 50.2 Å². The summed E-state index contributed by atoms with van der Waals surface area (Å²) >= 11 is 0. The number of ether oxygens (including phenoxy) is 1. The zero-order chi connectivity index (χ0) is 21.8. The lowest BCUT2D eigenvalue weighted by Crippen LogP contribution is -2.46. The molecule has 3 N–H and O–H groups in total. The summed E-state index contributed by atoms with van der Waals surface area (Å²) in [5, 5.41) is 10.8. The van der Waals surface area contributed by atoms with Crippen molar-refractivity contribution < 1.29 is 19.4 Å². The topological polar surface area (TPSA) is 119 Å². The molecule has 2 amide bonds. The third-order valence-electron chi connectivity index (χ3n) is 6.16. The zero-order valence-electron chi connectivity index (χ0n) is 17.5. The minimum Gasteiger partial charge on any atom is -0.389 e. The molecule has 1 atom stereocenters. The highest BCUT2D eigenvalue weighted by Crippen LogP contribution is 2.33. The van der Waals surface area contributed by atoms with Gasteiger partial charge in [-0.05, 0) is 25.0 Å². The number of carbonyl (C=O) groups is 2. The Bertz CT molecular complexity index is 941. The lowest BCUT2D eigenvalue weighted by atomic mass is 9.82. The molecule has 4 rings (SSSR count). The van der Waals surface area contributed by atoms with E-state index in [4.69, 9.17) is 10.5 Å². The second kappa shape index (κ2) is 9.11. The molecule has 1 saturated heterocycles. The zero-order valence-corrected chi connectivity index (χ0v) is 17.5. The molecular formula is C23H28N4O4. The molecule has 1 aliphatic heterocycles. The Kier molecular flexibility index (Phi) is 6.29. The summed E-state index contributed by atoms with van der Waals surface area (Å²) in [6.07, 6.45) is 7.35. The first-order chi connectivity index (χ1) is 15.0. The molecule has 1 aromatic carbocycles. The number of hydrogen-bond donors (Lipinski definition) is 2. The lowest BCUT2D eigenvalue weighted by molar-refractivity contribution is -0.145. The van der Waals surface area contributed by atoms with Crippen LogP contribution in [0.25, 0.3) is 11.3 Å². The minimum absolute atomic E-state index is 0.0473. The van der Waals surface area contributed by atoms with Crippen LogP contribution in [-0.4, -0.2) is 57.1 Å². The molecule has 1 saturated carbocycles. The SMILES string of the molecule is NC(=O)c1ccc(-c2nccnc2[C@@H]2CN(C(=O)CC3(O)CCCCC3)CCO2)cc1. The molecule has 8 heteroatoms. The van der Waals surface area contributed by atoms with Crippen LogP contribution in [0.15, 0.2) is 36.7 Å². The van der Waals surface area contributed by atoms with E-state index in [-0.39, 0.29) is 12.3 Å². The van der Waals surface area contributed by atoms with E-state index < -0.39 is 17.6 Å². The van der Waals surface area contributed by atoms with Gasteiger partial charge in [-0.2, -0.15) is 0 Å². The van der Waals surface area contributed by atoms with Crippen molar-refractivity contribution in [1.82, 2.24) is 14.9 Å². The Morgan fingerprint density at radius 2 is 1.84 bits per heavy atom. The fourth-order valence-corrected chi connectivity index (χ4v) is 4.42. The number of hydrogen-bond acceptors (Lipinski definition) is 6. The van der Waals surface area contributed by atoms with Gasteiger partial charge in [0.25, 0.3) is 0 Å². The van der Waals surface area contributed by atoms with Crippen molar-refractivity contribution in [1.29, 1.82) is 0 Å². The van der Waals surface area contributed by atoms with Gasteiger partial charge in [0.05, 0.1) is 36.6 Å². The van der Waals surface area contributed by atoms with Gasteiger partial charge in [0.1, 0.15) is 6.10 Å². The van der Waals surface area contributed by atoms with E-state index in [1.165, 1.54) is 0 Å². The van der Waals surface area contributed by atoms with Crippen LogP contribution in [0.1, 0.15) is 60.7 Å². The standard InChI is InChI=1S/C23H28N4O4/c24-22(29)17-6-4-16(5-7-17)20-21(26-11-10-25-20)18-15-27(12-13-31-18)19(28)14-23(30)8-2-1-3-9-23/h4-7,10-11,18,30H,1-3,8-9,12-15H2,(H2,24,29)/t18-/m0/s1. The molecule has 31 heavy (non-hydrogen) atoms. The third-order valence-corrected chi connectivity index (χ3v) is 6.16. The summed E-state index contributed by atoms with van der Waals surface area (Å²) in [5.74, 6) is -0.538. The van der Waals surface area contributed by atoms with Crippen LogP contribution in [0.4, 0.5) is 0 Å². The summed E-state index contributed by atoms with van der Waals surface area (Å²) in [6.45, 7) is 1.25. The van der Waals surface area contributed by atoms with E-state index in [9.17, 15) is 14.7 Å². The molecule has 0 bridgehead atoms. The van der Waals surface area contributed by atoms with Crippen molar-refractivity contribution in [3.63, 3.8) is 0 Å². The molecule has 164 valence electrons. The molecule has 0 unspecified atom stereocenters. The monoisotopic (exact) mass is 424 g/mol. The van der Waals surface area contributed by atoms with Gasteiger partial charge in [0.15, 0.2) is 0 Å². The third kappa shape index (κ3) is 4.91. The minimum atomic E-state index is -0.886. The summed E-state index contributed by atoms with van der Waals surface area (Å²) in [5.41, 5.74) is 6.93. The van der Waals surface area contributed by atoms with E-state index in [0.29, 0.717) is 49.5 Å². The van der Waals surface area contributed by atoms with Crippen molar-refractivity contribution in [2.75, 3.05) is 19.7 Å². The maximum atomic E-state index is 12.9. The van der Waals surface area contributed by atoms with Gasteiger partial charge < -0.3 is 20.5 Å². The normalized spacial score (nSPS) is 20.9. The van der Waals surface area contributed by atoms with Crippen LogP contribution in [0.2, 0.25) is 0 Å². The van der Waals surface area contributed by atoms with Crippen molar-refractivity contribution in [2.24, 2.45) is 5.73 Å². The first-order valence-electron chi connectivity index (χ1n) is 10.8. The average molecular weight is 425 g/mol. The maximum Gasteiger partial charge on any atom is 0.248 e. The highest BCUT2D eigenvalue weighted by atomic mass is 16.5. The molecule has 8 nitrogen and oxygen atoms in total. The van der Waals surface area contributed by atoms with Crippen LogP contribution in [0, 0.1) is 0 Å². The second-order valence-corrected chi connectivity index (χ2v) is 8.39. The highest BCUT2D eigenvalue weighted by Gasteiger charge is 2.35. The predicted octanol–water partition coefficient (Wildman–Crippen LogP) is 2.23. The molecular weight excluding hydrogens is 396 g/mol. The predicted molar refractivity (Wildman–Crippen MR) is 114 cm³/mol. The van der Waals surface area contributed by atoms with E-state index in [0.717, 1.165) is 24.8 Å². The van der Waals surface area contributed by atoms with Crippen LogP contribution >= 0.6 is 0 Å². The summed E-state index contributed by atoms with van der Waals surface area (Å²) in [4.78, 5) is 35.0. The first-order valence-corrected chi connectivity index (χ1v) is 10.8. The van der Waals surface area contributed by atoms with E-state index in [1.807, 2.05) is 0 Å². The van der Waals surface area contributed by atoms with Gasteiger partial charge >= 0.3 is 0 Å². The van der Waals surface area contributed by atoms with Gasteiger partial charge in [-0.25, -0.2) is 0 Å². The van der Waals surface area contributed by atoms with E-state index in [1.54, 1.807) is 41.6 Å². The smallest absolute Gasteiger partial charge is 0.248 e. The molecule has 0 radical (unpaired) electrons. The lowest BCUT2D eigenvalue weighted by Gasteiger charge is -2.37. The van der Waals surface area contributed by atoms with Gasteiger partial charge in [0, 0.05) is 30.1 Å². The molecule has 1 aliphatic carbocycles. The largest absolute Gasteiger partial charge is 0.389 e. The first kappa shape index (κ1) is 21.4. The number of morpholine rings is 1. The van der Waals surface area contributed by atoms with Crippen LogP contribution in [-0.2, 0) is 9.53 Å². The molecule has 2 fully saturated rings. The quantitative estimate of drug-likeness (QED) is 0.760. The number of primary amides is 1. The van der Waals surface area contributed by atoms with Crippen molar-refractivity contribution in [3.8, 4) is 11.3 Å². The van der Waals surface area contributed by atoms with Crippen molar-refractivity contribution >= 4 is 11.8 Å². The average Bonchev–Trinajstić information content (AvgIpc) is 2.79. The van der Waals surface area contributed by atoms with Crippen LogP contribution in [0.3, 0.4) is 0 Å². The van der Waals surface area contributed by atoms with E-state index >= 15 is 0 Å². The molecule has 2 aliphatic rings. The maximum absolute atomic E-state index is 12.9. The Balaban J connectivity index is 1.51. The summed E-state index contributed by atoms with van der Waals surface area (Å²) in [7, 11) is 0. The van der Waals surface area contributed by atoms with Gasteiger partial charge in [-0.15, -0.1) is 0 Å². The number of aromatic nitrogens is 2. The van der Waals surface area contributed by atoms with Gasteiger partial charge in [-0.1, -0.05) is 31.4 Å². The Labute approximate surface area is 181 Å². The molecule has 2 aromatic rings. The number of rotatable bonds is 5.